The molecule has 3 rings (SSSR count). The van der Waals surface area contributed by atoms with Crippen molar-refractivity contribution < 1.29 is 19.1 Å². The molecular formula is C24H29NO4. The first kappa shape index (κ1) is 21.1. The summed E-state index contributed by atoms with van der Waals surface area (Å²) in [6, 6.07) is 18.7. The molecule has 5 heteroatoms. The maximum Gasteiger partial charge on any atom is 0.306 e. The molecule has 1 heterocycles. The zero-order chi connectivity index (χ0) is 21.1. The Labute approximate surface area is 172 Å². The van der Waals surface area contributed by atoms with Crippen molar-refractivity contribution in [3.63, 3.8) is 0 Å². The predicted octanol–water partition coefficient (Wildman–Crippen LogP) is 4.52. The lowest BCUT2D eigenvalue weighted by Gasteiger charge is -2.37. The second-order valence-corrected chi connectivity index (χ2v) is 8.48. The van der Waals surface area contributed by atoms with Crippen molar-refractivity contribution in [2.75, 3.05) is 6.61 Å². The fourth-order valence-electron chi connectivity index (χ4n) is 3.69. The Bertz CT molecular complexity index is 844. The van der Waals surface area contributed by atoms with Crippen LogP contribution in [0.15, 0.2) is 60.7 Å². The maximum atomic E-state index is 13.4. The van der Waals surface area contributed by atoms with Gasteiger partial charge in [0.1, 0.15) is 5.60 Å². The number of esters is 1. The molecule has 1 fully saturated rings. The van der Waals surface area contributed by atoms with Gasteiger partial charge >= 0.3 is 5.97 Å². The number of benzene rings is 2. The van der Waals surface area contributed by atoms with Gasteiger partial charge in [0.2, 0.25) is 0 Å². The largest absolute Gasteiger partial charge is 0.460 e. The number of ether oxygens (including phenoxy) is 2. The molecule has 5 nitrogen and oxygen atoms in total. The van der Waals surface area contributed by atoms with Crippen molar-refractivity contribution in [1.29, 1.82) is 0 Å². The van der Waals surface area contributed by atoms with Crippen LogP contribution in [0, 0.1) is 0 Å². The quantitative estimate of drug-likeness (QED) is 0.699. The summed E-state index contributed by atoms with van der Waals surface area (Å²) in [5.41, 5.74) is 0.0835. The Morgan fingerprint density at radius 1 is 1.07 bits per heavy atom. The number of carbonyl (C=O) groups is 2. The second-order valence-electron chi connectivity index (χ2n) is 8.48. The predicted molar refractivity (Wildman–Crippen MR) is 111 cm³/mol. The minimum atomic E-state index is -0.896. The van der Waals surface area contributed by atoms with Gasteiger partial charge in [-0.2, -0.15) is 0 Å². The Morgan fingerprint density at radius 2 is 1.66 bits per heavy atom. The molecule has 2 aromatic rings. The molecule has 2 aromatic carbocycles. The van der Waals surface area contributed by atoms with Crippen LogP contribution in [0.5, 0.6) is 0 Å². The summed E-state index contributed by atoms with van der Waals surface area (Å²) in [5, 5.41) is 0. The van der Waals surface area contributed by atoms with Gasteiger partial charge in [0.15, 0.2) is 5.72 Å². The highest BCUT2D eigenvalue weighted by atomic mass is 16.6. The van der Waals surface area contributed by atoms with Gasteiger partial charge in [-0.1, -0.05) is 48.5 Å². The molecule has 154 valence electrons. The number of rotatable bonds is 5. The van der Waals surface area contributed by atoms with Crippen molar-refractivity contribution in [2.45, 2.75) is 57.9 Å². The standard InChI is InChI=1S/C24H29NO4/c1-23(2,3)29-21(26)16-15-20-17-28-24(4,19-13-9-6-10-14-19)25(20)22(27)18-11-7-5-8-12-18/h5-14,20H,15-17H2,1-4H3/t20?,24-/m1/s1. The molecule has 1 saturated heterocycles. The molecule has 0 saturated carbocycles. The van der Waals surface area contributed by atoms with E-state index in [9.17, 15) is 9.59 Å². The molecule has 0 bridgehead atoms. The van der Waals surface area contributed by atoms with Crippen LogP contribution in [-0.4, -0.2) is 35.0 Å². The summed E-state index contributed by atoms with van der Waals surface area (Å²) < 4.78 is 11.6. The first-order chi connectivity index (χ1) is 13.7. The van der Waals surface area contributed by atoms with E-state index in [2.05, 4.69) is 0 Å². The van der Waals surface area contributed by atoms with Crippen LogP contribution >= 0.6 is 0 Å². The lowest BCUT2D eigenvalue weighted by molar-refractivity contribution is -0.155. The van der Waals surface area contributed by atoms with E-state index >= 15 is 0 Å². The van der Waals surface area contributed by atoms with Crippen molar-refractivity contribution in [2.24, 2.45) is 0 Å². The minimum Gasteiger partial charge on any atom is -0.460 e. The van der Waals surface area contributed by atoms with Crippen molar-refractivity contribution in [3.8, 4) is 0 Å². The Hall–Kier alpha value is -2.66. The number of nitrogens with zero attached hydrogens (tertiary/aromatic N) is 1. The third kappa shape index (κ3) is 4.85. The zero-order valence-corrected chi connectivity index (χ0v) is 17.6. The molecule has 0 radical (unpaired) electrons. The first-order valence-corrected chi connectivity index (χ1v) is 10.0. The summed E-state index contributed by atoms with van der Waals surface area (Å²) in [6.07, 6.45) is 0.713. The topological polar surface area (TPSA) is 55.8 Å². The molecule has 1 unspecified atom stereocenters. The van der Waals surface area contributed by atoms with Crippen LogP contribution in [0.1, 0.15) is 56.5 Å². The molecule has 1 aliphatic rings. The normalized spacial score (nSPS) is 21.8. The number of carbonyl (C=O) groups excluding carboxylic acids is 2. The number of amides is 1. The summed E-state index contributed by atoms with van der Waals surface area (Å²) in [4.78, 5) is 27.5. The summed E-state index contributed by atoms with van der Waals surface area (Å²) >= 11 is 0. The average Bonchev–Trinajstić information content (AvgIpc) is 3.03. The lowest BCUT2D eigenvalue weighted by Crippen LogP contribution is -2.48. The highest BCUT2D eigenvalue weighted by molar-refractivity contribution is 5.95. The monoisotopic (exact) mass is 395 g/mol. The van der Waals surface area contributed by atoms with Gasteiger partial charge < -0.3 is 14.4 Å². The number of hydrogen-bond donors (Lipinski definition) is 0. The van der Waals surface area contributed by atoms with Gasteiger partial charge in [0.25, 0.3) is 5.91 Å². The Kier molecular flexibility index (Phi) is 6.08. The van der Waals surface area contributed by atoms with E-state index in [4.69, 9.17) is 9.47 Å². The fraction of sp³-hybridized carbons (Fsp3) is 0.417. The van der Waals surface area contributed by atoms with Crippen LogP contribution in [0.4, 0.5) is 0 Å². The number of hydrogen-bond acceptors (Lipinski definition) is 4. The molecule has 1 aliphatic heterocycles. The van der Waals surface area contributed by atoms with E-state index in [0.29, 0.717) is 18.6 Å². The van der Waals surface area contributed by atoms with E-state index in [1.54, 1.807) is 17.0 Å². The second kappa shape index (κ2) is 8.37. The lowest BCUT2D eigenvalue weighted by atomic mass is 9.99. The van der Waals surface area contributed by atoms with Gasteiger partial charge in [-0.05, 0) is 46.2 Å². The molecule has 0 aliphatic carbocycles. The highest BCUT2D eigenvalue weighted by Crippen LogP contribution is 2.39. The van der Waals surface area contributed by atoms with E-state index < -0.39 is 11.3 Å². The van der Waals surface area contributed by atoms with E-state index in [1.807, 2.05) is 76.2 Å². The van der Waals surface area contributed by atoms with Gasteiger partial charge in [-0.15, -0.1) is 0 Å². The minimum absolute atomic E-state index is 0.108. The zero-order valence-electron chi connectivity index (χ0n) is 17.6. The third-order valence-corrected chi connectivity index (χ3v) is 5.03. The SMILES string of the molecule is CC(C)(C)OC(=O)CCC1CO[C@](C)(c2ccccc2)N1C(=O)c1ccccc1. The fourth-order valence-corrected chi connectivity index (χ4v) is 3.69. The van der Waals surface area contributed by atoms with Crippen LogP contribution in [0.2, 0.25) is 0 Å². The Balaban J connectivity index is 1.86. The summed E-state index contributed by atoms with van der Waals surface area (Å²) in [7, 11) is 0. The summed E-state index contributed by atoms with van der Waals surface area (Å²) in [6.45, 7) is 7.83. The van der Waals surface area contributed by atoms with Crippen LogP contribution in [0.25, 0.3) is 0 Å². The smallest absolute Gasteiger partial charge is 0.306 e. The molecule has 0 N–H and O–H groups in total. The Morgan fingerprint density at radius 3 is 2.24 bits per heavy atom. The van der Waals surface area contributed by atoms with Gasteiger partial charge in [0.05, 0.1) is 12.6 Å². The summed E-state index contributed by atoms with van der Waals surface area (Å²) in [5.74, 6) is -0.374. The van der Waals surface area contributed by atoms with Gasteiger partial charge in [0, 0.05) is 17.5 Å². The maximum absolute atomic E-state index is 13.4. The van der Waals surface area contributed by atoms with E-state index in [0.717, 1.165) is 5.56 Å². The van der Waals surface area contributed by atoms with Crippen LogP contribution < -0.4 is 0 Å². The van der Waals surface area contributed by atoms with Crippen molar-refractivity contribution in [1.82, 2.24) is 4.90 Å². The molecule has 29 heavy (non-hydrogen) atoms. The van der Waals surface area contributed by atoms with E-state index in [1.165, 1.54) is 0 Å². The third-order valence-electron chi connectivity index (χ3n) is 5.03. The van der Waals surface area contributed by atoms with E-state index in [-0.39, 0.29) is 24.3 Å². The van der Waals surface area contributed by atoms with Gasteiger partial charge in [-0.25, -0.2) is 0 Å². The molecule has 1 amide bonds. The first-order valence-electron chi connectivity index (χ1n) is 10.0. The highest BCUT2D eigenvalue weighted by Gasteiger charge is 2.48. The molecular weight excluding hydrogens is 366 g/mol. The van der Waals surface area contributed by atoms with Crippen molar-refractivity contribution in [3.05, 3.63) is 71.8 Å². The van der Waals surface area contributed by atoms with Crippen LogP contribution in [-0.2, 0) is 20.0 Å². The molecule has 0 aromatic heterocycles. The molecule has 0 spiro atoms. The molecule has 2 atom stereocenters. The van der Waals surface area contributed by atoms with Crippen molar-refractivity contribution >= 4 is 11.9 Å². The van der Waals surface area contributed by atoms with Gasteiger partial charge in [-0.3, -0.25) is 9.59 Å². The average molecular weight is 395 g/mol. The van der Waals surface area contributed by atoms with Crippen LogP contribution in [0.3, 0.4) is 0 Å².